The van der Waals surface area contributed by atoms with E-state index < -0.39 is 0 Å². The van der Waals surface area contributed by atoms with Gasteiger partial charge in [-0.15, -0.1) is 0 Å². The van der Waals surface area contributed by atoms with Crippen LogP contribution < -0.4 is 0 Å². The third-order valence-electron chi connectivity index (χ3n) is 1.83. The van der Waals surface area contributed by atoms with Crippen LogP contribution in [0.15, 0.2) is 30.8 Å². The zero-order chi connectivity index (χ0) is 9.68. The SMILES string of the molecule is C=Cc1ccc(CCC(=O)Cl)cc1. The van der Waals surface area contributed by atoms with Gasteiger partial charge in [-0.25, -0.2) is 0 Å². The van der Waals surface area contributed by atoms with Gasteiger partial charge in [0.15, 0.2) is 0 Å². The number of carbonyl (C=O) groups is 1. The van der Waals surface area contributed by atoms with E-state index in [9.17, 15) is 4.79 Å². The molecule has 0 radical (unpaired) electrons. The average molecular weight is 195 g/mol. The largest absolute Gasteiger partial charge is 0.281 e. The molecule has 2 heteroatoms. The number of halogens is 1. The monoisotopic (exact) mass is 194 g/mol. The highest BCUT2D eigenvalue weighted by Gasteiger charge is 1.97. The van der Waals surface area contributed by atoms with Crippen LogP contribution in [0.5, 0.6) is 0 Å². The first-order valence-electron chi connectivity index (χ1n) is 4.12. The first-order chi connectivity index (χ1) is 6.22. The van der Waals surface area contributed by atoms with Gasteiger partial charge in [-0.3, -0.25) is 4.79 Å². The Hall–Kier alpha value is -1.08. The molecule has 1 aromatic carbocycles. The molecule has 0 unspecified atom stereocenters. The topological polar surface area (TPSA) is 17.1 Å². The van der Waals surface area contributed by atoms with Crippen LogP contribution in [-0.4, -0.2) is 5.24 Å². The van der Waals surface area contributed by atoms with Crippen molar-refractivity contribution in [2.75, 3.05) is 0 Å². The highest BCUT2D eigenvalue weighted by Crippen LogP contribution is 2.08. The number of rotatable bonds is 4. The molecular weight excluding hydrogens is 184 g/mol. The van der Waals surface area contributed by atoms with Crippen LogP contribution >= 0.6 is 11.6 Å². The molecule has 0 aromatic heterocycles. The zero-order valence-electron chi connectivity index (χ0n) is 7.29. The first kappa shape index (κ1) is 10.0. The minimum absolute atomic E-state index is 0.284. The predicted molar refractivity (Wildman–Crippen MR) is 55.7 cm³/mol. The summed E-state index contributed by atoms with van der Waals surface area (Å²) in [4.78, 5) is 10.5. The van der Waals surface area contributed by atoms with Gasteiger partial charge in [0.25, 0.3) is 0 Å². The summed E-state index contributed by atoms with van der Waals surface area (Å²) in [6.07, 6.45) is 2.89. The summed E-state index contributed by atoms with van der Waals surface area (Å²) >= 11 is 5.23. The fourth-order valence-electron chi connectivity index (χ4n) is 1.06. The average Bonchev–Trinajstić information content (AvgIpc) is 2.15. The van der Waals surface area contributed by atoms with Crippen molar-refractivity contribution in [2.45, 2.75) is 12.8 Å². The smallest absolute Gasteiger partial charge is 0.221 e. The van der Waals surface area contributed by atoms with Crippen LogP contribution in [-0.2, 0) is 11.2 Å². The van der Waals surface area contributed by atoms with E-state index in [4.69, 9.17) is 11.6 Å². The maximum Gasteiger partial charge on any atom is 0.221 e. The quantitative estimate of drug-likeness (QED) is 0.674. The lowest BCUT2D eigenvalue weighted by molar-refractivity contribution is -0.111. The Labute approximate surface area is 83.0 Å². The third kappa shape index (κ3) is 3.43. The Kier molecular flexibility index (Phi) is 3.71. The molecule has 0 heterocycles. The van der Waals surface area contributed by atoms with Crippen molar-refractivity contribution in [1.82, 2.24) is 0 Å². The summed E-state index contributed by atoms with van der Waals surface area (Å²) in [6, 6.07) is 7.91. The fourth-order valence-corrected chi connectivity index (χ4v) is 1.16. The standard InChI is InChI=1S/C11H11ClO/c1-2-9-3-5-10(6-4-9)7-8-11(12)13/h2-6H,1,7-8H2. The first-order valence-corrected chi connectivity index (χ1v) is 4.50. The molecule has 0 N–H and O–H groups in total. The van der Waals surface area contributed by atoms with Crippen LogP contribution in [0.1, 0.15) is 17.5 Å². The second kappa shape index (κ2) is 4.83. The van der Waals surface area contributed by atoms with Crippen molar-refractivity contribution in [2.24, 2.45) is 0 Å². The number of hydrogen-bond acceptors (Lipinski definition) is 1. The predicted octanol–water partition coefficient (Wildman–Crippen LogP) is 3.03. The number of carbonyl (C=O) groups excluding carboxylic acids is 1. The van der Waals surface area contributed by atoms with Gasteiger partial charge >= 0.3 is 0 Å². The third-order valence-corrected chi connectivity index (χ3v) is 2.01. The van der Waals surface area contributed by atoms with E-state index in [1.54, 1.807) is 6.08 Å². The van der Waals surface area contributed by atoms with Crippen molar-refractivity contribution in [3.63, 3.8) is 0 Å². The number of hydrogen-bond donors (Lipinski definition) is 0. The maximum atomic E-state index is 10.5. The zero-order valence-corrected chi connectivity index (χ0v) is 8.05. The van der Waals surface area contributed by atoms with Crippen molar-refractivity contribution in [3.8, 4) is 0 Å². The Morgan fingerprint density at radius 2 is 2.00 bits per heavy atom. The van der Waals surface area contributed by atoms with Crippen molar-refractivity contribution in [3.05, 3.63) is 42.0 Å². The number of aryl methyl sites for hydroxylation is 1. The molecule has 0 aliphatic rings. The molecule has 0 atom stereocenters. The molecule has 0 spiro atoms. The van der Waals surface area contributed by atoms with Crippen molar-refractivity contribution < 1.29 is 4.79 Å². The molecule has 0 aliphatic heterocycles. The minimum Gasteiger partial charge on any atom is -0.281 e. The van der Waals surface area contributed by atoms with Crippen LogP contribution in [0.4, 0.5) is 0 Å². The molecule has 0 fully saturated rings. The van der Waals surface area contributed by atoms with Gasteiger partial charge in [0.1, 0.15) is 0 Å². The van der Waals surface area contributed by atoms with Gasteiger partial charge < -0.3 is 0 Å². The van der Waals surface area contributed by atoms with Gasteiger partial charge in [0.05, 0.1) is 0 Å². The van der Waals surface area contributed by atoms with E-state index in [2.05, 4.69) is 6.58 Å². The van der Waals surface area contributed by atoms with E-state index in [1.165, 1.54) is 0 Å². The van der Waals surface area contributed by atoms with Crippen LogP contribution in [0.2, 0.25) is 0 Å². The summed E-state index contributed by atoms with van der Waals surface area (Å²) in [5, 5.41) is -0.284. The highest BCUT2D eigenvalue weighted by atomic mass is 35.5. The summed E-state index contributed by atoms with van der Waals surface area (Å²) < 4.78 is 0. The summed E-state index contributed by atoms with van der Waals surface area (Å²) in [7, 11) is 0. The molecule has 0 saturated heterocycles. The van der Waals surface area contributed by atoms with Gasteiger partial charge in [-0.1, -0.05) is 36.9 Å². The van der Waals surface area contributed by atoms with Crippen LogP contribution in [0.3, 0.4) is 0 Å². The van der Waals surface area contributed by atoms with E-state index in [0.29, 0.717) is 12.8 Å². The normalized spacial score (nSPS) is 9.62. The Morgan fingerprint density at radius 1 is 1.38 bits per heavy atom. The molecule has 13 heavy (non-hydrogen) atoms. The van der Waals surface area contributed by atoms with E-state index in [-0.39, 0.29) is 5.24 Å². The molecule has 0 amide bonds. The van der Waals surface area contributed by atoms with Crippen molar-refractivity contribution in [1.29, 1.82) is 0 Å². The highest BCUT2D eigenvalue weighted by molar-refractivity contribution is 6.63. The Balaban J connectivity index is 2.59. The van der Waals surface area contributed by atoms with Gasteiger partial charge in [-0.05, 0) is 29.1 Å². The molecule has 1 aromatic rings. The molecule has 1 rings (SSSR count). The molecule has 1 nitrogen and oxygen atoms in total. The van der Waals surface area contributed by atoms with E-state index >= 15 is 0 Å². The summed E-state index contributed by atoms with van der Waals surface area (Å²) in [5.74, 6) is 0. The van der Waals surface area contributed by atoms with Gasteiger partial charge in [0.2, 0.25) is 5.24 Å². The van der Waals surface area contributed by atoms with Gasteiger partial charge in [-0.2, -0.15) is 0 Å². The van der Waals surface area contributed by atoms with E-state index in [0.717, 1.165) is 11.1 Å². The second-order valence-electron chi connectivity index (χ2n) is 2.80. The number of benzene rings is 1. The van der Waals surface area contributed by atoms with Crippen LogP contribution in [0, 0.1) is 0 Å². The van der Waals surface area contributed by atoms with Crippen LogP contribution in [0.25, 0.3) is 6.08 Å². The molecule has 68 valence electrons. The summed E-state index contributed by atoms with van der Waals surface area (Å²) in [5.41, 5.74) is 2.21. The Bertz CT molecular complexity index is 300. The lowest BCUT2D eigenvalue weighted by atomic mass is 10.1. The van der Waals surface area contributed by atoms with E-state index in [1.807, 2.05) is 24.3 Å². The molecule has 0 bridgehead atoms. The van der Waals surface area contributed by atoms with Crippen molar-refractivity contribution >= 4 is 22.9 Å². The second-order valence-corrected chi connectivity index (χ2v) is 3.22. The molecule has 0 aliphatic carbocycles. The minimum atomic E-state index is -0.284. The molecule has 0 saturated carbocycles. The summed E-state index contributed by atoms with van der Waals surface area (Å²) in [6.45, 7) is 3.66. The maximum absolute atomic E-state index is 10.5. The Morgan fingerprint density at radius 3 is 2.46 bits per heavy atom. The lowest BCUT2D eigenvalue weighted by Crippen LogP contribution is -1.91. The fraction of sp³-hybridized carbons (Fsp3) is 0.182. The lowest BCUT2D eigenvalue weighted by Gasteiger charge is -1.98. The molecular formula is C11H11ClO. The van der Waals surface area contributed by atoms with Gasteiger partial charge in [0, 0.05) is 6.42 Å².